The van der Waals surface area contributed by atoms with Gasteiger partial charge in [0.05, 0.1) is 0 Å². The Morgan fingerprint density at radius 2 is 1.36 bits per heavy atom. The monoisotopic (exact) mass is 375 g/mol. The maximum absolute atomic E-state index is 12.5. The van der Waals surface area contributed by atoms with Crippen molar-refractivity contribution in [1.82, 2.24) is 0 Å². The number of benzene rings is 2. The Balaban J connectivity index is 2.33. The third kappa shape index (κ3) is 3.65. The molecule has 0 unspecified atom stereocenters. The molecule has 0 aliphatic rings. The van der Waals surface area contributed by atoms with Gasteiger partial charge in [0.25, 0.3) is 0 Å². The van der Waals surface area contributed by atoms with Gasteiger partial charge >= 0.3 is 144 Å². The van der Waals surface area contributed by atoms with Crippen LogP contribution in [0.15, 0.2) is 30.3 Å². The third-order valence-electron chi connectivity index (χ3n) is 4.13. The van der Waals surface area contributed by atoms with E-state index in [0.717, 1.165) is 22.3 Å². The van der Waals surface area contributed by atoms with Crippen LogP contribution in [0.1, 0.15) is 43.7 Å². The molecule has 2 heteroatoms. The molecule has 2 rings (SSSR count). The summed E-state index contributed by atoms with van der Waals surface area (Å²) in [5, 5.41) is 0. The van der Waals surface area contributed by atoms with Crippen molar-refractivity contribution in [2.75, 3.05) is 0 Å². The van der Waals surface area contributed by atoms with Crippen molar-refractivity contribution in [2.45, 2.75) is 34.6 Å². The number of carbonyl (C=O) groups excluding carboxylic acids is 1. The standard InChI is InChI=1S/C20H21O.Mo/c1-13-7-6-8-14(2)20(13)19(21)10-9-18-11-15(3)17(5)16(4)12-18;/h7-12H,1-5H3;/b10-9+;. The number of allylic oxidation sites excluding steroid dienone is 1. The van der Waals surface area contributed by atoms with E-state index in [4.69, 9.17) is 0 Å². The predicted molar refractivity (Wildman–Crippen MR) is 89.6 cm³/mol. The summed E-state index contributed by atoms with van der Waals surface area (Å²) >= 11 is 1.98. The van der Waals surface area contributed by atoms with Gasteiger partial charge < -0.3 is 0 Å². The molecule has 2 aromatic rings. The van der Waals surface area contributed by atoms with Gasteiger partial charge in [0.2, 0.25) is 0 Å². The molecular weight excluding hydrogens is 352 g/mol. The zero-order valence-electron chi connectivity index (χ0n) is 13.8. The second-order valence-electron chi connectivity index (χ2n) is 5.91. The van der Waals surface area contributed by atoms with Gasteiger partial charge in [-0.2, -0.15) is 0 Å². The van der Waals surface area contributed by atoms with Gasteiger partial charge in [-0.25, -0.2) is 0 Å². The predicted octanol–water partition coefficient (Wildman–Crippen LogP) is 4.30. The quantitative estimate of drug-likeness (QED) is 0.446. The maximum atomic E-state index is 12.5. The summed E-state index contributed by atoms with van der Waals surface area (Å²) in [5.41, 5.74) is 7.83. The molecule has 0 fully saturated rings. The van der Waals surface area contributed by atoms with Crippen LogP contribution in [-0.2, 0) is 19.8 Å². The molecule has 0 aromatic heterocycles. The van der Waals surface area contributed by atoms with E-state index in [9.17, 15) is 4.79 Å². The molecule has 0 bridgehead atoms. The van der Waals surface area contributed by atoms with Gasteiger partial charge in [-0.05, 0) is 0 Å². The summed E-state index contributed by atoms with van der Waals surface area (Å²) in [7, 11) is 0. The van der Waals surface area contributed by atoms with Crippen LogP contribution in [0.25, 0.3) is 6.08 Å². The first-order chi connectivity index (χ1) is 10.3. The van der Waals surface area contributed by atoms with E-state index in [1.165, 1.54) is 20.6 Å². The van der Waals surface area contributed by atoms with Crippen LogP contribution in [0, 0.1) is 34.6 Å². The fourth-order valence-electron chi connectivity index (χ4n) is 2.73. The van der Waals surface area contributed by atoms with E-state index in [2.05, 4.69) is 45.0 Å². The number of hydrogen-bond donors (Lipinski definition) is 0. The van der Waals surface area contributed by atoms with Crippen molar-refractivity contribution < 1.29 is 24.6 Å². The van der Waals surface area contributed by atoms with Crippen molar-refractivity contribution in [2.24, 2.45) is 0 Å². The van der Waals surface area contributed by atoms with Gasteiger partial charge in [-0.3, -0.25) is 0 Å². The number of hydrogen-bond acceptors (Lipinski definition) is 1. The number of carbonyl (C=O) groups is 1. The topological polar surface area (TPSA) is 17.1 Å². The van der Waals surface area contributed by atoms with E-state index in [-0.39, 0.29) is 5.78 Å². The van der Waals surface area contributed by atoms with Crippen molar-refractivity contribution in [3.05, 3.63) is 69.3 Å². The Morgan fingerprint density at radius 1 is 0.864 bits per heavy atom. The van der Waals surface area contributed by atoms with Crippen molar-refractivity contribution >= 4 is 15.8 Å². The van der Waals surface area contributed by atoms with Crippen molar-refractivity contribution in [3.8, 4) is 0 Å². The van der Waals surface area contributed by atoms with Gasteiger partial charge in [-0.1, -0.05) is 0 Å². The molecule has 0 aliphatic heterocycles. The fraction of sp³-hybridized carbons (Fsp3) is 0.250. The summed E-state index contributed by atoms with van der Waals surface area (Å²) in [4.78, 5) is 12.5. The average Bonchev–Trinajstić information content (AvgIpc) is 2.41. The SMILES string of the molecule is Cc1cc(/C=C/C(=O)c2c(C)c[c]([Mo])cc2C)cc(C)c1C. The Labute approximate surface area is 144 Å². The fourth-order valence-corrected chi connectivity index (χ4v) is 3.60. The van der Waals surface area contributed by atoms with Crippen LogP contribution in [-0.4, -0.2) is 5.78 Å². The minimum absolute atomic E-state index is 0.0760. The van der Waals surface area contributed by atoms with Gasteiger partial charge in [-0.15, -0.1) is 0 Å². The molecular formula is C20H21MoO. The molecule has 0 N–H and O–H groups in total. The minimum atomic E-state index is 0.0760. The second-order valence-corrected chi connectivity index (χ2v) is 7.07. The summed E-state index contributed by atoms with van der Waals surface area (Å²) in [6.45, 7) is 10.3. The Morgan fingerprint density at radius 3 is 1.86 bits per heavy atom. The van der Waals surface area contributed by atoms with Crippen LogP contribution >= 0.6 is 0 Å². The van der Waals surface area contributed by atoms with Crippen LogP contribution in [0.4, 0.5) is 0 Å². The summed E-state index contributed by atoms with van der Waals surface area (Å²) in [5.74, 6) is 0.0760. The molecule has 0 spiro atoms. The molecule has 0 heterocycles. The van der Waals surface area contributed by atoms with E-state index in [1.54, 1.807) is 6.08 Å². The van der Waals surface area contributed by atoms with Crippen molar-refractivity contribution in [3.63, 3.8) is 0 Å². The summed E-state index contributed by atoms with van der Waals surface area (Å²) < 4.78 is 1.20. The van der Waals surface area contributed by atoms with Crippen molar-refractivity contribution in [1.29, 1.82) is 0 Å². The molecule has 0 saturated carbocycles. The molecule has 0 radical (unpaired) electrons. The van der Waals surface area contributed by atoms with Crippen LogP contribution in [0.3, 0.4) is 0 Å². The second kappa shape index (κ2) is 6.75. The van der Waals surface area contributed by atoms with Gasteiger partial charge in [0.15, 0.2) is 0 Å². The average molecular weight is 373 g/mol. The van der Waals surface area contributed by atoms with E-state index in [1.807, 2.05) is 39.7 Å². The Bertz CT molecular complexity index is 723. The first-order valence-corrected chi connectivity index (χ1v) is 8.38. The summed E-state index contributed by atoms with van der Waals surface area (Å²) in [6.07, 6.45) is 3.61. The molecule has 0 saturated heterocycles. The molecule has 113 valence electrons. The molecule has 2 aromatic carbocycles. The third-order valence-corrected chi connectivity index (χ3v) is 4.71. The normalized spacial score (nSPS) is 11.1. The van der Waals surface area contributed by atoms with E-state index in [0.29, 0.717) is 0 Å². The first-order valence-electron chi connectivity index (χ1n) is 7.38. The number of aryl methyl sites for hydroxylation is 4. The Hall–Kier alpha value is -1.46. The van der Waals surface area contributed by atoms with Crippen LogP contribution in [0.2, 0.25) is 0 Å². The summed E-state index contributed by atoms with van der Waals surface area (Å²) in [6, 6.07) is 8.39. The van der Waals surface area contributed by atoms with E-state index >= 15 is 0 Å². The molecule has 0 amide bonds. The zero-order chi connectivity index (χ0) is 16.4. The van der Waals surface area contributed by atoms with Gasteiger partial charge in [0.1, 0.15) is 0 Å². The molecule has 22 heavy (non-hydrogen) atoms. The Kier molecular flexibility index (Phi) is 5.19. The number of ketones is 1. The zero-order valence-corrected chi connectivity index (χ0v) is 15.8. The first kappa shape index (κ1) is 16.9. The molecule has 1 nitrogen and oxygen atoms in total. The van der Waals surface area contributed by atoms with Crippen LogP contribution < -0.4 is 3.95 Å². The number of rotatable bonds is 3. The van der Waals surface area contributed by atoms with Crippen LogP contribution in [0.5, 0.6) is 0 Å². The van der Waals surface area contributed by atoms with E-state index < -0.39 is 0 Å². The molecule has 0 aliphatic carbocycles. The molecule has 0 atom stereocenters. The van der Waals surface area contributed by atoms with Gasteiger partial charge in [0, 0.05) is 0 Å².